The first-order valence-corrected chi connectivity index (χ1v) is 21.5. The van der Waals surface area contributed by atoms with Gasteiger partial charge in [0, 0.05) is 0 Å². The number of aromatic nitrogens is 1. The van der Waals surface area contributed by atoms with Crippen molar-refractivity contribution >= 4 is 62.5 Å². The van der Waals surface area contributed by atoms with Crippen molar-refractivity contribution in [1.29, 1.82) is 0 Å². The average Bonchev–Trinajstić information content (AvgIpc) is 3.45. The minimum absolute atomic E-state index is 0.0718. The Morgan fingerprint density at radius 2 is 1.21 bits per heavy atom. The molecule has 0 saturated carbocycles. The molecule has 3 N–H and O–H groups in total. The van der Waals surface area contributed by atoms with Crippen LogP contribution in [0.1, 0.15) is 11.1 Å². The van der Waals surface area contributed by atoms with Gasteiger partial charge in [0.25, 0.3) is 0 Å². The molecule has 5 nitrogen and oxygen atoms in total. The summed E-state index contributed by atoms with van der Waals surface area (Å²) >= 11 is -4.17. The van der Waals surface area contributed by atoms with Gasteiger partial charge in [-0.1, -0.05) is 6.07 Å². The van der Waals surface area contributed by atoms with E-state index in [1.54, 1.807) is 0 Å². The number of H-pyrrole nitrogens is 1. The predicted molar refractivity (Wildman–Crippen MR) is 182 cm³/mol. The number of halogens is 1. The third-order valence-electron chi connectivity index (χ3n) is 7.08. The third kappa shape index (κ3) is 6.43. The Morgan fingerprint density at radius 3 is 1.84 bits per heavy atom. The zero-order valence-corrected chi connectivity index (χ0v) is 26.9. The molecule has 0 aliphatic rings. The maximum atomic E-state index is 7.34. The van der Waals surface area contributed by atoms with Crippen LogP contribution in [0.15, 0.2) is 162 Å². The van der Waals surface area contributed by atoms with E-state index in [4.69, 9.17) is 17.7 Å². The van der Waals surface area contributed by atoms with Crippen LogP contribution in [0.25, 0.3) is 28.2 Å². The molecule has 1 heterocycles. The quantitative estimate of drug-likeness (QED) is 0.0777. The van der Waals surface area contributed by atoms with Crippen LogP contribution in [0.4, 0.5) is 0 Å². The Hall–Kier alpha value is -4.59. The number of aromatic amines is 1. The molecule has 210 valence electrons. The second-order valence-electron chi connectivity index (χ2n) is 9.88. The summed E-state index contributed by atoms with van der Waals surface area (Å²) in [5.41, 5.74) is 12.2. The first-order valence-electron chi connectivity index (χ1n) is 13.9. The number of hydrogen-bond acceptors (Lipinski definition) is 3. The predicted octanol–water partition coefficient (Wildman–Crippen LogP) is 7.08. The molecule has 0 unspecified atom stereocenters. The van der Waals surface area contributed by atoms with Crippen LogP contribution < -0.4 is 12.9 Å². The molecule has 0 spiro atoms. The van der Waals surface area contributed by atoms with E-state index in [1.807, 2.05) is 127 Å². The van der Waals surface area contributed by atoms with Crippen molar-refractivity contribution in [2.75, 3.05) is 0 Å². The molecule has 0 fully saturated rings. The fourth-order valence-corrected chi connectivity index (χ4v) is 13.3. The molecule has 6 rings (SSSR count). The Bertz CT molecular complexity index is 1870. The van der Waals surface area contributed by atoms with Crippen LogP contribution in [0.3, 0.4) is 0 Å². The Balaban J connectivity index is 1.39. The zero-order chi connectivity index (χ0) is 29.5. The standard InChI is InChI=1S/C24H20N4O.2C6H5.ClH.Sn/c25-24(29)28-27-21(17-9-3-1-4-10-17)16-15-20-19-13-7-8-14-22(19)26-23(20)18-11-5-2-6-12-18;2*1-2-4-6-5-3-1;;/h1-16,26H,(H3,25,28,29);2*1-5H;1H;/q;;;;+2/p-2/b16-15+,27-21-;;;;. The Kier molecular flexibility index (Phi) is 8.72. The second-order valence-corrected chi connectivity index (χ2v) is 20.7. The van der Waals surface area contributed by atoms with Gasteiger partial charge >= 0.3 is 254 Å². The SMILES string of the molecule is N\C(=N/N=C(/C=C/c1c(-c2ccccc2)[nH]c2ccccc12)c1ccccc1)[O][Sn]([Cl])([c]1ccccc1)[c]1ccccc1. The average molecular weight is 688 g/mol. The normalized spacial score (nSPS) is 12.6. The van der Waals surface area contributed by atoms with Crippen LogP contribution in [0.2, 0.25) is 0 Å². The third-order valence-corrected chi connectivity index (χ3v) is 18.1. The monoisotopic (exact) mass is 688 g/mol. The first-order chi connectivity index (χ1) is 21.1. The number of amidine groups is 1. The minimum atomic E-state index is -4.17. The van der Waals surface area contributed by atoms with E-state index in [-0.39, 0.29) is 6.02 Å². The van der Waals surface area contributed by atoms with Gasteiger partial charge in [0.05, 0.1) is 0 Å². The summed E-state index contributed by atoms with van der Waals surface area (Å²) in [5.74, 6) is 0. The van der Waals surface area contributed by atoms with Gasteiger partial charge in [-0.05, 0) is 0 Å². The van der Waals surface area contributed by atoms with Crippen molar-refractivity contribution in [3.8, 4) is 11.3 Å². The molecule has 0 aliphatic heterocycles. The van der Waals surface area contributed by atoms with E-state index in [9.17, 15) is 0 Å². The van der Waals surface area contributed by atoms with Crippen LogP contribution in [0.5, 0.6) is 0 Å². The molecular weight excluding hydrogens is 659 g/mol. The van der Waals surface area contributed by atoms with Gasteiger partial charge in [-0.2, -0.15) is 0 Å². The summed E-state index contributed by atoms with van der Waals surface area (Å²) in [4.78, 5) is 3.58. The molecule has 0 aliphatic carbocycles. The van der Waals surface area contributed by atoms with Gasteiger partial charge in [0.2, 0.25) is 0 Å². The molecule has 7 heteroatoms. The molecular formula is C36H29ClN4OSn. The van der Waals surface area contributed by atoms with Gasteiger partial charge < -0.3 is 0 Å². The summed E-state index contributed by atoms with van der Waals surface area (Å²) < 4.78 is 8.21. The summed E-state index contributed by atoms with van der Waals surface area (Å²) in [6.07, 6.45) is 4.03. The molecule has 0 saturated heterocycles. The van der Waals surface area contributed by atoms with E-state index < -0.39 is 17.7 Å². The van der Waals surface area contributed by atoms with Crippen molar-refractivity contribution in [1.82, 2.24) is 4.98 Å². The molecule has 43 heavy (non-hydrogen) atoms. The van der Waals surface area contributed by atoms with Crippen molar-refractivity contribution in [3.63, 3.8) is 0 Å². The van der Waals surface area contributed by atoms with E-state index in [2.05, 4.69) is 45.5 Å². The van der Waals surface area contributed by atoms with Crippen LogP contribution in [-0.4, -0.2) is 34.4 Å². The number of hydrogen-bond donors (Lipinski definition) is 2. The number of nitrogens with zero attached hydrogens (tertiary/aromatic N) is 2. The zero-order valence-electron chi connectivity index (χ0n) is 23.3. The van der Waals surface area contributed by atoms with Gasteiger partial charge in [-0.3, -0.25) is 0 Å². The van der Waals surface area contributed by atoms with Crippen LogP contribution >= 0.6 is 8.92 Å². The fourth-order valence-electron chi connectivity index (χ4n) is 4.98. The van der Waals surface area contributed by atoms with Crippen LogP contribution in [0, 0.1) is 0 Å². The molecule has 6 aromatic rings. The van der Waals surface area contributed by atoms with Gasteiger partial charge in [0.15, 0.2) is 0 Å². The second kappa shape index (κ2) is 13.1. The number of fused-ring (bicyclic) bond motifs is 1. The summed E-state index contributed by atoms with van der Waals surface area (Å²) in [7, 11) is 7.34. The summed E-state index contributed by atoms with van der Waals surface area (Å²) in [5, 5.41) is 10.0. The van der Waals surface area contributed by atoms with E-state index in [0.29, 0.717) is 5.71 Å². The molecule has 0 radical (unpaired) electrons. The number of benzene rings is 5. The number of para-hydroxylation sites is 1. The molecule has 5 aromatic carbocycles. The summed E-state index contributed by atoms with van der Waals surface area (Å²) in [6.45, 7) is 0. The Labute approximate surface area is 259 Å². The molecule has 0 bridgehead atoms. The van der Waals surface area contributed by atoms with Crippen molar-refractivity contribution < 1.29 is 3.07 Å². The first kappa shape index (κ1) is 28.5. The van der Waals surface area contributed by atoms with Crippen molar-refractivity contribution in [3.05, 3.63) is 163 Å². The number of nitrogens with two attached hydrogens (primary N) is 1. The molecule has 0 atom stereocenters. The van der Waals surface area contributed by atoms with Gasteiger partial charge in [0.1, 0.15) is 0 Å². The molecule has 0 amide bonds. The number of allylic oxidation sites excluding steroid dienone is 1. The van der Waals surface area contributed by atoms with Crippen LogP contribution in [-0.2, 0) is 3.07 Å². The van der Waals surface area contributed by atoms with Crippen molar-refractivity contribution in [2.45, 2.75) is 0 Å². The molecule has 1 aromatic heterocycles. The summed E-state index contributed by atoms with van der Waals surface area (Å²) in [6, 6.07) is 48.0. The van der Waals surface area contributed by atoms with Gasteiger partial charge in [-0.15, -0.1) is 0 Å². The maximum absolute atomic E-state index is 7.34. The van der Waals surface area contributed by atoms with E-state index in [1.165, 1.54) is 0 Å². The van der Waals surface area contributed by atoms with E-state index >= 15 is 0 Å². The topological polar surface area (TPSA) is 75.8 Å². The Morgan fingerprint density at radius 1 is 0.674 bits per heavy atom. The van der Waals surface area contributed by atoms with Gasteiger partial charge in [-0.25, -0.2) is 0 Å². The van der Waals surface area contributed by atoms with E-state index in [0.717, 1.165) is 40.4 Å². The fraction of sp³-hybridized carbons (Fsp3) is 0. The number of nitrogens with one attached hydrogen (secondary N) is 1. The van der Waals surface area contributed by atoms with Crippen molar-refractivity contribution in [2.24, 2.45) is 15.9 Å². The number of rotatable bonds is 8.